The molecule has 2 saturated heterocycles. The van der Waals surface area contributed by atoms with Crippen molar-refractivity contribution in [2.75, 3.05) is 6.54 Å². The van der Waals surface area contributed by atoms with E-state index in [9.17, 15) is 0 Å². The minimum absolute atomic E-state index is 0. The molecule has 0 aromatic heterocycles. The standard InChI is InChI=1S/C9H18N4O.H2O4S.H2O/c10-9(11)12-4-3-6-5-7-1-2-8(13-6)14-7;1-5(2,3)4;/h6-8,13H,1-5H2,(H4,10,11,12);(H2,1,2,3,4);1H2. The lowest BCUT2D eigenvalue weighted by Crippen LogP contribution is -2.46. The molecule has 2 fully saturated rings. The van der Waals surface area contributed by atoms with Crippen LogP contribution in [-0.2, 0) is 15.1 Å². The Hall–Kier alpha value is -0.980. The van der Waals surface area contributed by atoms with Gasteiger partial charge in [-0.2, -0.15) is 8.42 Å². The molecule has 0 aromatic rings. The summed E-state index contributed by atoms with van der Waals surface area (Å²) in [6.07, 6.45) is 5.17. The number of rotatable bonds is 3. The Morgan fingerprint density at radius 1 is 1.45 bits per heavy atom. The Labute approximate surface area is 117 Å². The van der Waals surface area contributed by atoms with Crippen molar-refractivity contribution in [2.24, 2.45) is 5.73 Å². The molecule has 2 heterocycles. The Bertz CT molecular complexity index is 383. The summed E-state index contributed by atoms with van der Waals surface area (Å²) in [7, 11) is -4.67. The first-order valence-corrected chi connectivity index (χ1v) is 7.33. The second-order valence-corrected chi connectivity index (χ2v) is 5.40. The highest BCUT2D eigenvalue weighted by Gasteiger charge is 2.33. The summed E-state index contributed by atoms with van der Waals surface area (Å²) in [5, 5.41) is 13.3. The maximum atomic E-state index is 8.74. The van der Waals surface area contributed by atoms with Gasteiger partial charge in [0.25, 0.3) is 0 Å². The van der Waals surface area contributed by atoms with Crippen molar-refractivity contribution in [2.45, 2.75) is 44.1 Å². The Morgan fingerprint density at radius 2 is 2.05 bits per heavy atom. The third-order valence-electron chi connectivity index (χ3n) is 2.88. The van der Waals surface area contributed by atoms with Crippen molar-refractivity contribution in [1.82, 2.24) is 10.6 Å². The van der Waals surface area contributed by atoms with Crippen molar-refractivity contribution in [3.05, 3.63) is 0 Å². The number of ether oxygens (including phenoxy) is 1. The van der Waals surface area contributed by atoms with Gasteiger partial charge in [-0.05, 0) is 25.7 Å². The van der Waals surface area contributed by atoms with E-state index >= 15 is 0 Å². The van der Waals surface area contributed by atoms with E-state index in [1.54, 1.807) is 0 Å². The normalized spacial score (nSPS) is 27.8. The molecule has 0 amide bonds. The van der Waals surface area contributed by atoms with Crippen LogP contribution in [0.1, 0.15) is 25.7 Å². The van der Waals surface area contributed by atoms with E-state index in [4.69, 9.17) is 33.4 Å². The van der Waals surface area contributed by atoms with Crippen LogP contribution < -0.4 is 16.4 Å². The lowest BCUT2D eigenvalue weighted by atomic mass is 10.1. The molecule has 2 aliphatic heterocycles. The van der Waals surface area contributed by atoms with Crippen LogP contribution in [0.25, 0.3) is 0 Å². The van der Waals surface area contributed by atoms with Crippen LogP contribution in [0.15, 0.2) is 0 Å². The molecular formula is C9H22N4O6S. The molecule has 3 atom stereocenters. The van der Waals surface area contributed by atoms with E-state index in [0.717, 1.165) is 25.8 Å². The molecule has 0 saturated carbocycles. The van der Waals surface area contributed by atoms with Crippen LogP contribution in [0.3, 0.4) is 0 Å². The highest BCUT2D eigenvalue weighted by atomic mass is 32.3. The minimum atomic E-state index is -4.67. The maximum absolute atomic E-state index is 8.74. The van der Waals surface area contributed by atoms with Gasteiger partial charge in [-0.15, -0.1) is 0 Å². The highest BCUT2D eigenvalue weighted by Crippen LogP contribution is 2.27. The molecule has 2 bridgehead atoms. The third-order valence-corrected chi connectivity index (χ3v) is 2.88. The molecule has 0 aromatic carbocycles. The monoisotopic (exact) mass is 314 g/mol. The molecular weight excluding hydrogens is 292 g/mol. The van der Waals surface area contributed by atoms with Gasteiger partial charge in [-0.3, -0.25) is 19.8 Å². The molecule has 9 N–H and O–H groups in total. The third kappa shape index (κ3) is 9.01. The second-order valence-electron chi connectivity index (χ2n) is 4.50. The molecule has 0 aliphatic carbocycles. The van der Waals surface area contributed by atoms with Gasteiger partial charge in [0.2, 0.25) is 0 Å². The van der Waals surface area contributed by atoms with Crippen LogP contribution in [0, 0.1) is 5.41 Å². The molecule has 10 nitrogen and oxygen atoms in total. The summed E-state index contributed by atoms with van der Waals surface area (Å²) in [6, 6.07) is 0.521. The quantitative estimate of drug-likeness (QED) is 0.201. The molecule has 2 rings (SSSR count). The fraction of sp³-hybridized carbons (Fsp3) is 0.889. The predicted octanol–water partition coefficient (Wildman–Crippen LogP) is -1.75. The fourth-order valence-corrected chi connectivity index (χ4v) is 2.23. The molecule has 0 spiro atoms. The average molecular weight is 314 g/mol. The van der Waals surface area contributed by atoms with Crippen molar-refractivity contribution >= 4 is 16.4 Å². The summed E-state index contributed by atoms with van der Waals surface area (Å²) >= 11 is 0. The van der Waals surface area contributed by atoms with E-state index in [-0.39, 0.29) is 17.7 Å². The van der Waals surface area contributed by atoms with Gasteiger partial charge in [-0.25, -0.2) is 0 Å². The van der Waals surface area contributed by atoms with Crippen LogP contribution in [0.4, 0.5) is 0 Å². The SMILES string of the molecule is N=C(N)NCCC1CC2CCC(N1)O2.O.O=S(=O)(O)O. The summed E-state index contributed by atoms with van der Waals surface area (Å²) in [5.74, 6) is 0.0556. The van der Waals surface area contributed by atoms with E-state index in [2.05, 4.69) is 10.6 Å². The van der Waals surface area contributed by atoms with Crippen LogP contribution in [-0.4, -0.2) is 53.9 Å². The van der Waals surface area contributed by atoms with Crippen LogP contribution >= 0.6 is 0 Å². The maximum Gasteiger partial charge on any atom is 0.394 e. The van der Waals surface area contributed by atoms with Crippen LogP contribution in [0.5, 0.6) is 0 Å². The van der Waals surface area contributed by atoms with E-state index < -0.39 is 10.4 Å². The summed E-state index contributed by atoms with van der Waals surface area (Å²) in [6.45, 7) is 0.770. The average Bonchev–Trinajstić information content (AvgIpc) is 2.55. The molecule has 11 heteroatoms. The first kappa shape index (κ1) is 19.0. The van der Waals surface area contributed by atoms with Gasteiger partial charge in [0.1, 0.15) is 6.23 Å². The molecule has 120 valence electrons. The number of nitrogens with one attached hydrogen (secondary N) is 3. The molecule has 3 unspecified atom stereocenters. The van der Waals surface area contributed by atoms with Gasteiger partial charge < -0.3 is 21.3 Å². The molecule has 0 radical (unpaired) electrons. The van der Waals surface area contributed by atoms with Gasteiger partial charge in [0.05, 0.1) is 6.10 Å². The second kappa shape index (κ2) is 8.34. The first-order chi connectivity index (χ1) is 8.74. The number of fused-ring (bicyclic) bond motifs is 2. The van der Waals surface area contributed by atoms with E-state index in [1.165, 1.54) is 6.42 Å². The van der Waals surface area contributed by atoms with Crippen molar-refractivity contribution in [3.8, 4) is 0 Å². The van der Waals surface area contributed by atoms with Gasteiger partial charge >= 0.3 is 10.4 Å². The van der Waals surface area contributed by atoms with E-state index in [0.29, 0.717) is 12.1 Å². The fourth-order valence-electron chi connectivity index (χ4n) is 2.23. The lowest BCUT2D eigenvalue weighted by Gasteiger charge is -2.29. The van der Waals surface area contributed by atoms with E-state index in [1.807, 2.05) is 0 Å². The molecule has 2 aliphatic rings. The largest absolute Gasteiger partial charge is 0.412 e. The Kier molecular flexibility index (Phi) is 7.93. The zero-order valence-corrected chi connectivity index (χ0v) is 11.7. The minimum Gasteiger partial charge on any atom is -0.412 e. The predicted molar refractivity (Wildman–Crippen MR) is 71.8 cm³/mol. The number of guanidine groups is 1. The Morgan fingerprint density at radius 3 is 2.55 bits per heavy atom. The van der Waals surface area contributed by atoms with Crippen molar-refractivity contribution in [3.63, 3.8) is 0 Å². The topological polar surface area (TPSA) is 189 Å². The van der Waals surface area contributed by atoms with Gasteiger partial charge in [0.15, 0.2) is 5.96 Å². The summed E-state index contributed by atoms with van der Waals surface area (Å²) in [4.78, 5) is 0. The van der Waals surface area contributed by atoms with Crippen LogP contribution in [0.2, 0.25) is 0 Å². The van der Waals surface area contributed by atoms with Gasteiger partial charge in [-0.1, -0.05) is 0 Å². The number of hydrogen-bond donors (Lipinski definition) is 6. The zero-order chi connectivity index (χ0) is 14.5. The van der Waals surface area contributed by atoms with Gasteiger partial charge in [0, 0.05) is 12.6 Å². The zero-order valence-electron chi connectivity index (χ0n) is 10.9. The number of hydrogen-bond acceptors (Lipinski definition) is 5. The smallest absolute Gasteiger partial charge is 0.394 e. The Balaban J connectivity index is 0.000000526. The van der Waals surface area contributed by atoms with Crippen molar-refractivity contribution in [1.29, 1.82) is 5.41 Å². The number of nitrogens with two attached hydrogens (primary N) is 1. The lowest BCUT2D eigenvalue weighted by molar-refractivity contribution is -0.0266. The molecule has 20 heavy (non-hydrogen) atoms. The summed E-state index contributed by atoms with van der Waals surface area (Å²) < 4.78 is 37.2. The first-order valence-electron chi connectivity index (χ1n) is 5.93. The van der Waals surface area contributed by atoms with Crippen molar-refractivity contribution < 1.29 is 27.7 Å². The summed E-state index contributed by atoms with van der Waals surface area (Å²) in [5.41, 5.74) is 5.20. The highest BCUT2D eigenvalue weighted by molar-refractivity contribution is 7.79.